The number of hydrogen-bond acceptors (Lipinski definition) is 3. The van der Waals surface area contributed by atoms with Gasteiger partial charge in [0.15, 0.2) is 0 Å². The van der Waals surface area contributed by atoms with Crippen molar-refractivity contribution in [2.45, 2.75) is 45.5 Å². The fraction of sp³-hybridized carbons (Fsp3) is 0.417. The molecular formula is C24H31FN2O2S. The van der Waals surface area contributed by atoms with Gasteiger partial charge in [-0.2, -0.15) is 0 Å². The summed E-state index contributed by atoms with van der Waals surface area (Å²) in [5.74, 6) is 0.782. The van der Waals surface area contributed by atoms with Crippen LogP contribution < -0.4 is 5.32 Å². The number of nitrogens with one attached hydrogen (secondary N) is 1. The van der Waals surface area contributed by atoms with Gasteiger partial charge < -0.3 is 10.2 Å². The maximum atomic E-state index is 13.3. The maximum Gasteiger partial charge on any atom is 0.242 e. The molecule has 2 aromatic rings. The molecule has 4 nitrogen and oxygen atoms in total. The molecule has 2 amide bonds. The van der Waals surface area contributed by atoms with E-state index in [0.29, 0.717) is 18.9 Å². The third-order valence-electron chi connectivity index (χ3n) is 4.67. The first-order valence-electron chi connectivity index (χ1n) is 10.3. The van der Waals surface area contributed by atoms with E-state index in [1.54, 1.807) is 17.0 Å². The number of nitrogens with zero attached hydrogens (tertiary/aromatic N) is 1. The fourth-order valence-electron chi connectivity index (χ4n) is 3.04. The van der Waals surface area contributed by atoms with Crippen LogP contribution in [0, 0.1) is 11.7 Å². The maximum absolute atomic E-state index is 13.3. The van der Waals surface area contributed by atoms with E-state index < -0.39 is 6.04 Å². The van der Waals surface area contributed by atoms with Gasteiger partial charge >= 0.3 is 0 Å². The number of carbonyl (C=O) groups is 2. The third-order valence-corrected chi connectivity index (χ3v) is 5.66. The number of halogens is 1. The Morgan fingerprint density at radius 2 is 1.70 bits per heavy atom. The Bertz CT molecular complexity index is 797. The largest absolute Gasteiger partial charge is 0.354 e. The Morgan fingerprint density at radius 1 is 1.03 bits per heavy atom. The summed E-state index contributed by atoms with van der Waals surface area (Å²) in [6.07, 6.45) is 0.514. The van der Waals surface area contributed by atoms with Gasteiger partial charge in [-0.05, 0) is 35.6 Å². The number of benzene rings is 2. The normalized spacial score (nSPS) is 11.9. The average Bonchev–Trinajstić information content (AvgIpc) is 2.74. The molecule has 0 fully saturated rings. The highest BCUT2D eigenvalue weighted by Gasteiger charge is 2.28. The average molecular weight is 431 g/mol. The predicted octanol–water partition coefficient (Wildman–Crippen LogP) is 4.64. The van der Waals surface area contributed by atoms with Gasteiger partial charge in [0.1, 0.15) is 11.9 Å². The van der Waals surface area contributed by atoms with Crippen molar-refractivity contribution in [3.63, 3.8) is 0 Å². The van der Waals surface area contributed by atoms with E-state index in [4.69, 9.17) is 0 Å². The molecule has 2 rings (SSSR count). The molecule has 0 spiro atoms. The van der Waals surface area contributed by atoms with Gasteiger partial charge in [-0.3, -0.25) is 9.59 Å². The lowest BCUT2D eigenvalue weighted by molar-refractivity contribution is -0.139. The lowest BCUT2D eigenvalue weighted by Gasteiger charge is -2.31. The molecule has 6 heteroatoms. The minimum absolute atomic E-state index is 0.0909. The first kappa shape index (κ1) is 23.9. The Labute approximate surface area is 183 Å². The third kappa shape index (κ3) is 7.82. The van der Waals surface area contributed by atoms with Crippen molar-refractivity contribution < 1.29 is 14.0 Å². The molecule has 0 unspecified atom stereocenters. The molecule has 0 bridgehead atoms. The monoisotopic (exact) mass is 430 g/mol. The van der Waals surface area contributed by atoms with Crippen LogP contribution in [0.15, 0.2) is 54.6 Å². The molecular weight excluding hydrogens is 399 g/mol. The first-order valence-corrected chi connectivity index (χ1v) is 11.5. The van der Waals surface area contributed by atoms with Gasteiger partial charge in [0.25, 0.3) is 0 Å². The number of amides is 2. The lowest BCUT2D eigenvalue weighted by atomic mass is 10.1. The number of rotatable bonds is 11. The molecule has 30 heavy (non-hydrogen) atoms. The molecule has 0 aliphatic heterocycles. The summed E-state index contributed by atoms with van der Waals surface area (Å²) < 4.78 is 13.3. The van der Waals surface area contributed by atoms with E-state index >= 15 is 0 Å². The van der Waals surface area contributed by atoms with Crippen LogP contribution in [0.4, 0.5) is 4.39 Å². The summed E-state index contributed by atoms with van der Waals surface area (Å²) in [4.78, 5) is 27.5. The van der Waals surface area contributed by atoms with Crippen LogP contribution in [0.25, 0.3) is 0 Å². The van der Waals surface area contributed by atoms with E-state index in [9.17, 15) is 14.0 Å². The van der Waals surface area contributed by atoms with E-state index in [1.165, 1.54) is 23.9 Å². The van der Waals surface area contributed by atoms with E-state index in [-0.39, 0.29) is 29.9 Å². The van der Waals surface area contributed by atoms with Crippen molar-refractivity contribution >= 4 is 23.6 Å². The van der Waals surface area contributed by atoms with Crippen molar-refractivity contribution in [3.05, 3.63) is 71.5 Å². The van der Waals surface area contributed by atoms with Crippen molar-refractivity contribution in [3.8, 4) is 0 Å². The Hall–Kier alpha value is -2.34. The van der Waals surface area contributed by atoms with Crippen molar-refractivity contribution in [2.75, 3.05) is 12.3 Å². The molecule has 162 valence electrons. The summed E-state index contributed by atoms with van der Waals surface area (Å²) in [6, 6.07) is 15.5. The van der Waals surface area contributed by atoms with Crippen molar-refractivity contribution in [2.24, 2.45) is 5.92 Å². The lowest BCUT2D eigenvalue weighted by Crippen LogP contribution is -2.50. The summed E-state index contributed by atoms with van der Waals surface area (Å²) in [7, 11) is 0. The Kier molecular flexibility index (Phi) is 9.87. The summed E-state index contributed by atoms with van der Waals surface area (Å²) in [6.45, 7) is 6.81. The summed E-state index contributed by atoms with van der Waals surface area (Å²) in [5, 5.41) is 2.95. The molecule has 0 heterocycles. The number of carbonyl (C=O) groups excluding carboxylic acids is 2. The van der Waals surface area contributed by atoms with E-state index in [2.05, 4.69) is 5.32 Å². The van der Waals surface area contributed by atoms with Gasteiger partial charge in [0, 0.05) is 18.8 Å². The summed E-state index contributed by atoms with van der Waals surface area (Å²) >= 11 is 1.53. The van der Waals surface area contributed by atoms with Crippen LogP contribution in [0.5, 0.6) is 0 Å². The highest BCUT2D eigenvalue weighted by Crippen LogP contribution is 2.17. The Balaban J connectivity index is 2.10. The van der Waals surface area contributed by atoms with Crippen LogP contribution in [0.2, 0.25) is 0 Å². The second kappa shape index (κ2) is 12.4. The fourth-order valence-corrected chi connectivity index (χ4v) is 3.91. The topological polar surface area (TPSA) is 49.4 Å². The quantitative estimate of drug-likeness (QED) is 0.565. The van der Waals surface area contributed by atoms with Crippen LogP contribution in [-0.2, 0) is 21.9 Å². The van der Waals surface area contributed by atoms with E-state index in [0.717, 1.165) is 16.9 Å². The van der Waals surface area contributed by atoms with Crippen molar-refractivity contribution in [1.29, 1.82) is 0 Å². The molecule has 0 aliphatic rings. The minimum Gasteiger partial charge on any atom is -0.354 e. The molecule has 0 saturated heterocycles. The zero-order valence-corrected chi connectivity index (χ0v) is 18.8. The molecule has 0 aromatic heterocycles. The Morgan fingerprint density at radius 3 is 2.30 bits per heavy atom. The number of thioether (sulfide) groups is 1. The van der Waals surface area contributed by atoms with Crippen LogP contribution >= 0.6 is 11.8 Å². The standard InChI is InChI=1S/C24H31FN2O2S/c1-4-22(24(29)26-14-18(2)3)27(15-19-10-12-21(25)13-11-19)23(28)17-30-16-20-8-6-5-7-9-20/h5-13,18,22H,4,14-17H2,1-3H3,(H,26,29)/t22-/m0/s1. The van der Waals surface area contributed by atoms with Gasteiger partial charge in [-0.15, -0.1) is 11.8 Å². The SMILES string of the molecule is CC[C@@H](C(=O)NCC(C)C)N(Cc1ccc(F)cc1)C(=O)CSCc1ccccc1. The molecule has 2 aromatic carbocycles. The smallest absolute Gasteiger partial charge is 0.242 e. The van der Waals surface area contributed by atoms with Gasteiger partial charge in [-0.1, -0.05) is 63.2 Å². The highest BCUT2D eigenvalue weighted by atomic mass is 32.2. The second-order valence-electron chi connectivity index (χ2n) is 7.69. The predicted molar refractivity (Wildman–Crippen MR) is 121 cm³/mol. The highest BCUT2D eigenvalue weighted by molar-refractivity contribution is 7.99. The van der Waals surface area contributed by atoms with Gasteiger partial charge in [-0.25, -0.2) is 4.39 Å². The molecule has 0 aliphatic carbocycles. The van der Waals surface area contributed by atoms with Crippen molar-refractivity contribution in [1.82, 2.24) is 10.2 Å². The molecule has 1 N–H and O–H groups in total. The minimum atomic E-state index is -0.557. The zero-order chi connectivity index (χ0) is 21.9. The molecule has 0 saturated carbocycles. The number of hydrogen-bond donors (Lipinski definition) is 1. The van der Waals surface area contributed by atoms with E-state index in [1.807, 2.05) is 51.1 Å². The zero-order valence-electron chi connectivity index (χ0n) is 17.9. The van der Waals surface area contributed by atoms with Crippen LogP contribution in [0.3, 0.4) is 0 Å². The van der Waals surface area contributed by atoms with Crippen LogP contribution in [0.1, 0.15) is 38.3 Å². The van der Waals surface area contributed by atoms with Gasteiger partial charge in [0.2, 0.25) is 11.8 Å². The molecule has 1 atom stereocenters. The molecule has 0 radical (unpaired) electrons. The first-order chi connectivity index (χ1) is 14.4. The van der Waals surface area contributed by atoms with Gasteiger partial charge in [0.05, 0.1) is 5.75 Å². The van der Waals surface area contributed by atoms with Crippen LogP contribution in [-0.4, -0.2) is 35.1 Å². The second-order valence-corrected chi connectivity index (χ2v) is 8.68. The summed E-state index contributed by atoms with van der Waals surface area (Å²) in [5.41, 5.74) is 1.95.